The number of hydrogen-bond acceptors (Lipinski definition) is 9. The van der Waals surface area contributed by atoms with Gasteiger partial charge in [-0.15, -0.1) is 0 Å². The van der Waals surface area contributed by atoms with Crippen molar-refractivity contribution in [1.29, 1.82) is 0 Å². The predicted molar refractivity (Wildman–Crippen MR) is 157 cm³/mol. The number of esters is 2. The molecule has 2 N–H and O–H groups in total. The van der Waals surface area contributed by atoms with E-state index in [0.717, 1.165) is 11.6 Å². The molecule has 8 atom stereocenters. The van der Waals surface area contributed by atoms with Crippen LogP contribution < -0.4 is 0 Å². The lowest BCUT2D eigenvalue weighted by atomic mass is 9.39. The number of fused-ring (bicyclic) bond motifs is 5. The molecule has 0 unspecified atom stereocenters. The zero-order valence-corrected chi connectivity index (χ0v) is 27.0. The van der Waals surface area contributed by atoms with Crippen LogP contribution in [-0.2, 0) is 33.4 Å². The van der Waals surface area contributed by atoms with E-state index < -0.39 is 68.5 Å². The summed E-state index contributed by atoms with van der Waals surface area (Å²) in [5.41, 5.74) is -6.19. The number of allylic oxidation sites excluding steroid dienone is 4. The molecule has 9 heteroatoms. The van der Waals surface area contributed by atoms with E-state index in [1.807, 2.05) is 26.8 Å². The lowest BCUT2D eigenvalue weighted by Gasteiger charge is -2.63. The Balaban J connectivity index is 1.89. The van der Waals surface area contributed by atoms with Crippen LogP contribution in [0.4, 0.5) is 0 Å². The van der Waals surface area contributed by atoms with Crippen molar-refractivity contribution >= 4 is 29.3 Å². The van der Waals surface area contributed by atoms with Gasteiger partial charge in [0.15, 0.2) is 11.5 Å². The molecule has 0 radical (unpaired) electrons. The molecule has 2 fully saturated rings. The smallest absolute Gasteiger partial charge is 0.308 e. The fraction of sp³-hybridized carbons (Fsp3) is 0.676. The highest BCUT2D eigenvalue weighted by Crippen LogP contribution is 2.74. The fourth-order valence-electron chi connectivity index (χ4n) is 9.07. The highest BCUT2D eigenvalue weighted by Gasteiger charge is 2.75. The van der Waals surface area contributed by atoms with Gasteiger partial charge in [-0.3, -0.25) is 24.0 Å². The molecular formula is C34H46O9. The number of ether oxygens (including phenoxy) is 2. The maximum atomic E-state index is 14.6. The minimum Gasteiger partial charge on any atom is -0.462 e. The number of ketones is 3. The van der Waals surface area contributed by atoms with Crippen LogP contribution in [-0.4, -0.2) is 56.8 Å². The standard InChI is InChI=1S/C34H46O9/c1-18(35)42-22-15-21-20(30(5,6)28(22)39)11-12-24-31(7)16-23(43-19(2)36)27(32(31,8)17-26(38)33(21,24)9)34(10,41)25(37)13-14-29(3,4)40/h11,13-15,21,23-24,27,40-41H,12,16-17H2,1-10H3/b14-13-/t21-,23+,24-,27-,31-,32+,33-,34-/m0/s1. The van der Waals surface area contributed by atoms with Gasteiger partial charge in [0.05, 0.1) is 11.0 Å². The summed E-state index contributed by atoms with van der Waals surface area (Å²) in [5, 5.41) is 22.1. The Labute approximate surface area is 253 Å². The normalized spacial score (nSPS) is 38.2. The number of Topliss-reactive ketones (excluding diaryl/α,β-unsaturated/α-hetero) is 2. The van der Waals surface area contributed by atoms with Gasteiger partial charge in [0, 0.05) is 37.5 Å². The number of carbonyl (C=O) groups excluding carboxylic acids is 5. The molecule has 236 valence electrons. The van der Waals surface area contributed by atoms with E-state index in [1.165, 1.54) is 40.7 Å². The predicted octanol–water partition coefficient (Wildman–Crippen LogP) is 4.20. The molecular weight excluding hydrogens is 552 g/mol. The molecule has 0 heterocycles. The molecule has 0 amide bonds. The Morgan fingerprint density at radius 2 is 1.58 bits per heavy atom. The Hall–Kier alpha value is -2.91. The Bertz CT molecular complexity index is 1370. The van der Waals surface area contributed by atoms with Gasteiger partial charge >= 0.3 is 11.9 Å². The summed E-state index contributed by atoms with van der Waals surface area (Å²) in [6, 6.07) is 0. The van der Waals surface area contributed by atoms with Crippen LogP contribution in [0.1, 0.15) is 88.5 Å². The van der Waals surface area contributed by atoms with Crippen molar-refractivity contribution in [3.05, 3.63) is 35.6 Å². The lowest BCUT2D eigenvalue weighted by molar-refractivity contribution is -0.181. The first-order valence-corrected chi connectivity index (χ1v) is 15.0. The van der Waals surface area contributed by atoms with E-state index in [0.29, 0.717) is 12.8 Å². The largest absolute Gasteiger partial charge is 0.462 e. The highest BCUT2D eigenvalue weighted by molar-refractivity contribution is 6.03. The number of carbonyl (C=O) groups is 5. The van der Waals surface area contributed by atoms with Crippen LogP contribution in [0.2, 0.25) is 0 Å². The maximum absolute atomic E-state index is 14.6. The Morgan fingerprint density at radius 1 is 0.977 bits per heavy atom. The van der Waals surface area contributed by atoms with Crippen molar-refractivity contribution in [2.75, 3.05) is 0 Å². The summed E-state index contributed by atoms with van der Waals surface area (Å²) in [5.74, 6) is -4.09. The molecule has 4 aliphatic carbocycles. The Kier molecular flexibility index (Phi) is 7.72. The third kappa shape index (κ3) is 4.87. The fourth-order valence-corrected chi connectivity index (χ4v) is 9.07. The van der Waals surface area contributed by atoms with E-state index in [1.54, 1.807) is 19.9 Å². The first kappa shape index (κ1) is 33.0. The van der Waals surface area contributed by atoms with Crippen molar-refractivity contribution in [2.24, 2.45) is 39.4 Å². The van der Waals surface area contributed by atoms with Gasteiger partial charge in [-0.25, -0.2) is 0 Å². The molecule has 0 saturated heterocycles. The second kappa shape index (κ2) is 10.1. The molecule has 0 aromatic rings. The van der Waals surface area contributed by atoms with Gasteiger partial charge in [0.25, 0.3) is 0 Å². The van der Waals surface area contributed by atoms with Crippen molar-refractivity contribution in [1.82, 2.24) is 0 Å². The van der Waals surface area contributed by atoms with Crippen molar-refractivity contribution < 1.29 is 43.7 Å². The zero-order chi connectivity index (χ0) is 32.7. The molecule has 0 aromatic carbocycles. The second-order valence-corrected chi connectivity index (χ2v) is 15.1. The third-order valence-electron chi connectivity index (χ3n) is 11.3. The van der Waals surface area contributed by atoms with Gasteiger partial charge in [-0.2, -0.15) is 0 Å². The number of hydrogen-bond donors (Lipinski definition) is 2. The van der Waals surface area contributed by atoms with Crippen molar-refractivity contribution in [3.8, 4) is 0 Å². The van der Waals surface area contributed by atoms with Crippen LogP contribution in [0.25, 0.3) is 0 Å². The summed E-state index contributed by atoms with van der Waals surface area (Å²) in [7, 11) is 0. The summed E-state index contributed by atoms with van der Waals surface area (Å²) >= 11 is 0. The van der Waals surface area contributed by atoms with E-state index in [4.69, 9.17) is 9.47 Å². The molecule has 0 bridgehead atoms. The second-order valence-electron chi connectivity index (χ2n) is 15.1. The quantitative estimate of drug-likeness (QED) is 0.261. The van der Waals surface area contributed by atoms with E-state index in [9.17, 15) is 34.2 Å². The molecule has 0 aromatic heterocycles. The van der Waals surface area contributed by atoms with E-state index >= 15 is 0 Å². The Morgan fingerprint density at radius 3 is 2.12 bits per heavy atom. The van der Waals surface area contributed by atoms with Crippen LogP contribution >= 0.6 is 0 Å². The average molecular weight is 599 g/mol. The molecule has 4 rings (SSSR count). The lowest BCUT2D eigenvalue weighted by Crippen LogP contribution is -2.64. The van der Waals surface area contributed by atoms with Crippen LogP contribution in [0, 0.1) is 39.4 Å². The van der Waals surface area contributed by atoms with Crippen LogP contribution in [0.3, 0.4) is 0 Å². The molecule has 0 aliphatic heterocycles. The average Bonchev–Trinajstić information content (AvgIpc) is 3.06. The first-order valence-electron chi connectivity index (χ1n) is 15.0. The minimum atomic E-state index is -2.03. The van der Waals surface area contributed by atoms with E-state index in [2.05, 4.69) is 0 Å². The van der Waals surface area contributed by atoms with Gasteiger partial charge in [-0.1, -0.05) is 38.5 Å². The van der Waals surface area contributed by atoms with Gasteiger partial charge in [0.1, 0.15) is 17.5 Å². The van der Waals surface area contributed by atoms with Gasteiger partial charge in [0.2, 0.25) is 5.78 Å². The molecule has 0 spiro atoms. The highest BCUT2D eigenvalue weighted by atomic mass is 16.5. The summed E-state index contributed by atoms with van der Waals surface area (Å²) in [4.78, 5) is 65.7. The molecule has 4 aliphatic rings. The topological polar surface area (TPSA) is 144 Å². The minimum absolute atomic E-state index is 0.00748. The van der Waals surface area contributed by atoms with Crippen molar-refractivity contribution in [3.63, 3.8) is 0 Å². The van der Waals surface area contributed by atoms with Crippen molar-refractivity contribution in [2.45, 2.75) is 106 Å². The summed E-state index contributed by atoms with van der Waals surface area (Å²) in [6.45, 7) is 16.3. The summed E-state index contributed by atoms with van der Waals surface area (Å²) < 4.78 is 11.2. The molecule has 9 nitrogen and oxygen atoms in total. The maximum Gasteiger partial charge on any atom is 0.308 e. The van der Waals surface area contributed by atoms with E-state index in [-0.39, 0.29) is 29.7 Å². The number of aliphatic hydroxyl groups is 2. The number of rotatable bonds is 6. The SMILES string of the molecule is CC(=O)OC1=C[C@H]2C(=CC[C@@H]3[C@@]2(C)C(=O)C[C@]2(C)[C@@H]([C@@](C)(O)C(=O)/C=C\C(C)(C)O)[C@H](OC(C)=O)C[C@@]32C)C(C)(C)C1=O. The van der Waals surface area contributed by atoms with Crippen LogP contribution in [0.15, 0.2) is 35.6 Å². The molecule has 2 saturated carbocycles. The molecule has 43 heavy (non-hydrogen) atoms. The van der Waals surface area contributed by atoms with Gasteiger partial charge < -0.3 is 19.7 Å². The summed E-state index contributed by atoms with van der Waals surface area (Å²) in [6.07, 6.45) is 5.98. The zero-order valence-electron chi connectivity index (χ0n) is 27.0. The first-order chi connectivity index (χ1) is 19.4. The van der Waals surface area contributed by atoms with Gasteiger partial charge in [-0.05, 0) is 76.4 Å². The van der Waals surface area contributed by atoms with Crippen LogP contribution in [0.5, 0.6) is 0 Å². The third-order valence-corrected chi connectivity index (χ3v) is 11.3. The monoisotopic (exact) mass is 598 g/mol.